The van der Waals surface area contributed by atoms with Crippen LogP contribution in [0.15, 0.2) is 42.7 Å². The minimum Gasteiger partial charge on any atom is -0.497 e. The Morgan fingerprint density at radius 2 is 1.92 bits per heavy atom. The van der Waals surface area contributed by atoms with Crippen molar-refractivity contribution in [1.29, 1.82) is 0 Å². The van der Waals surface area contributed by atoms with E-state index in [9.17, 15) is 4.79 Å². The van der Waals surface area contributed by atoms with Gasteiger partial charge in [0, 0.05) is 31.3 Å². The molecule has 5 atom stereocenters. The fourth-order valence-corrected chi connectivity index (χ4v) is 6.93. The van der Waals surface area contributed by atoms with Crippen LogP contribution >= 0.6 is 11.6 Å². The lowest BCUT2D eigenvalue weighted by atomic mass is 9.85. The molecule has 1 amide bonds. The van der Waals surface area contributed by atoms with Gasteiger partial charge in [-0.05, 0) is 74.8 Å². The summed E-state index contributed by atoms with van der Waals surface area (Å²) in [5.74, 6) is 1.04. The lowest BCUT2D eigenvalue weighted by Crippen LogP contribution is -2.52. The highest BCUT2D eigenvalue weighted by atomic mass is 35.5. The summed E-state index contributed by atoms with van der Waals surface area (Å²) in [7, 11) is 5.13. The van der Waals surface area contributed by atoms with E-state index in [1.807, 2.05) is 50.1 Å². The topological polar surface area (TPSA) is 126 Å². The van der Waals surface area contributed by atoms with Gasteiger partial charge < -0.3 is 34.9 Å². The number of ether oxygens (including phenoxy) is 4. The first-order valence-electron chi connectivity index (χ1n) is 16.2. The largest absolute Gasteiger partial charge is 0.497 e. The smallest absolute Gasteiger partial charge is 0.328 e. The van der Waals surface area contributed by atoms with Gasteiger partial charge in [0.1, 0.15) is 34.3 Å². The molecule has 48 heavy (non-hydrogen) atoms. The zero-order valence-electron chi connectivity index (χ0n) is 27.8. The number of nitrogen functional groups attached to an aromatic ring is 1. The summed E-state index contributed by atoms with van der Waals surface area (Å²) in [5, 5.41) is 3.29. The molecule has 13 heteroatoms. The number of anilines is 2. The highest BCUT2D eigenvalue weighted by Gasteiger charge is 2.34. The first-order valence-corrected chi connectivity index (χ1v) is 16.5. The number of nitrogens with two attached hydrogens (primary N) is 1. The van der Waals surface area contributed by atoms with Gasteiger partial charge >= 0.3 is 6.03 Å². The zero-order valence-corrected chi connectivity index (χ0v) is 28.6. The van der Waals surface area contributed by atoms with Crippen molar-refractivity contribution in [3.63, 3.8) is 0 Å². The zero-order chi connectivity index (χ0) is 34.1. The number of halogens is 2. The third kappa shape index (κ3) is 7.01. The lowest BCUT2D eigenvalue weighted by molar-refractivity contribution is -0.0386. The number of nitrogens with zero attached hydrogens (tertiary/aromatic N) is 4. The maximum absolute atomic E-state index is 15.1. The Morgan fingerprint density at radius 1 is 1.15 bits per heavy atom. The number of methoxy groups -OCH3 is 2. The number of hydrogen-bond acceptors (Lipinski definition) is 9. The van der Waals surface area contributed by atoms with Crippen LogP contribution in [0.4, 0.5) is 20.6 Å². The predicted molar refractivity (Wildman–Crippen MR) is 183 cm³/mol. The fourth-order valence-electron chi connectivity index (χ4n) is 6.75. The summed E-state index contributed by atoms with van der Waals surface area (Å²) < 4.78 is 39.4. The molecular formula is C35H42ClFN6O5. The van der Waals surface area contributed by atoms with Crippen LogP contribution < -0.4 is 25.4 Å². The number of nitrogens with one attached hydrogen (secondary N) is 1. The summed E-state index contributed by atoms with van der Waals surface area (Å²) in [6.45, 7) is 4.76. The van der Waals surface area contributed by atoms with Crippen molar-refractivity contribution in [3.05, 3.63) is 70.4 Å². The molecule has 2 aromatic carbocycles. The Kier molecular flexibility index (Phi) is 9.95. The third-order valence-electron chi connectivity index (χ3n) is 9.30. The van der Waals surface area contributed by atoms with Gasteiger partial charge in [-0.3, -0.25) is 0 Å². The van der Waals surface area contributed by atoms with Crippen molar-refractivity contribution in [3.8, 4) is 11.5 Å². The molecule has 2 aromatic heterocycles. The second kappa shape index (κ2) is 14.2. The number of aromatic nitrogens is 3. The molecule has 3 N–H and O–H groups in total. The van der Waals surface area contributed by atoms with Gasteiger partial charge in [0.05, 0.1) is 56.6 Å². The van der Waals surface area contributed by atoms with E-state index in [0.29, 0.717) is 40.5 Å². The second-order valence-electron chi connectivity index (χ2n) is 12.8. The summed E-state index contributed by atoms with van der Waals surface area (Å²) in [4.78, 5) is 24.4. The van der Waals surface area contributed by atoms with Crippen molar-refractivity contribution in [1.82, 2.24) is 19.9 Å². The monoisotopic (exact) mass is 680 g/mol. The molecule has 6 rings (SSSR count). The van der Waals surface area contributed by atoms with Crippen molar-refractivity contribution < 1.29 is 28.1 Å². The quantitative estimate of drug-likeness (QED) is 0.144. The number of hydrogen-bond donors (Lipinski definition) is 2. The Morgan fingerprint density at radius 3 is 2.60 bits per heavy atom. The van der Waals surface area contributed by atoms with Crippen molar-refractivity contribution in [2.75, 3.05) is 31.9 Å². The van der Waals surface area contributed by atoms with Crippen LogP contribution in [0.25, 0.3) is 11.2 Å². The van der Waals surface area contributed by atoms with E-state index < -0.39 is 0 Å². The molecule has 0 spiro atoms. The molecule has 1 unspecified atom stereocenters. The molecule has 0 bridgehead atoms. The number of imidazole rings is 1. The molecule has 0 radical (unpaired) electrons. The predicted octanol–water partition coefficient (Wildman–Crippen LogP) is 6.44. The maximum Gasteiger partial charge on any atom is 0.328 e. The Hall–Kier alpha value is -4.13. The minimum atomic E-state index is -0.382. The van der Waals surface area contributed by atoms with Gasteiger partial charge in [-0.2, -0.15) is 0 Å². The molecule has 1 aliphatic carbocycles. The molecule has 11 nitrogen and oxygen atoms in total. The molecule has 2 aliphatic rings. The number of fused-ring (bicyclic) bond motifs is 1. The van der Waals surface area contributed by atoms with Gasteiger partial charge in [0.15, 0.2) is 5.65 Å². The molecule has 1 saturated heterocycles. The van der Waals surface area contributed by atoms with E-state index in [1.165, 1.54) is 10.9 Å². The fraction of sp³-hybridized carbons (Fsp3) is 0.457. The first kappa shape index (κ1) is 33.8. The van der Waals surface area contributed by atoms with E-state index in [1.54, 1.807) is 26.4 Å². The van der Waals surface area contributed by atoms with E-state index >= 15 is 4.39 Å². The van der Waals surface area contributed by atoms with Crippen molar-refractivity contribution in [2.45, 2.75) is 83.0 Å². The molecule has 256 valence electrons. The summed E-state index contributed by atoms with van der Waals surface area (Å²) in [5.41, 5.74) is 10.1. The first-order chi connectivity index (χ1) is 23.0. The van der Waals surface area contributed by atoms with Gasteiger partial charge in [-0.15, -0.1) is 0 Å². The average Bonchev–Trinajstić information content (AvgIpc) is 3.47. The van der Waals surface area contributed by atoms with Gasteiger partial charge in [0.2, 0.25) is 0 Å². The Bertz CT molecular complexity index is 1790. The average molecular weight is 681 g/mol. The van der Waals surface area contributed by atoms with E-state index in [-0.39, 0.29) is 59.6 Å². The number of carbonyl (C=O) groups is 1. The van der Waals surface area contributed by atoms with E-state index in [0.717, 1.165) is 36.8 Å². The lowest BCUT2D eigenvalue weighted by Gasteiger charge is -2.37. The summed E-state index contributed by atoms with van der Waals surface area (Å²) in [6.07, 6.45) is 4.34. The van der Waals surface area contributed by atoms with Crippen LogP contribution in [0, 0.1) is 5.82 Å². The number of rotatable bonds is 10. The molecule has 1 aliphatic heterocycles. The van der Waals surface area contributed by atoms with Crippen LogP contribution in [-0.4, -0.2) is 66.2 Å². The second-order valence-corrected chi connectivity index (χ2v) is 13.2. The number of amides is 1. The van der Waals surface area contributed by atoms with Gasteiger partial charge in [-0.25, -0.2) is 23.7 Å². The minimum absolute atomic E-state index is 0.0273. The molecule has 2 fully saturated rings. The molecule has 3 heterocycles. The van der Waals surface area contributed by atoms with Crippen molar-refractivity contribution >= 4 is 40.2 Å². The molecule has 4 aromatic rings. The van der Waals surface area contributed by atoms with Crippen molar-refractivity contribution in [2.24, 2.45) is 0 Å². The summed E-state index contributed by atoms with van der Waals surface area (Å²) in [6, 6.07) is 10.3. The Labute approximate surface area is 284 Å². The van der Waals surface area contributed by atoms with Crippen LogP contribution in [0.3, 0.4) is 0 Å². The van der Waals surface area contributed by atoms with E-state index in [2.05, 4.69) is 15.3 Å². The SMILES string of the molecule is COc1ccc(CN(C)c2cc(Cl)nc3c2ncn3C(=O)N[C@@H]2CC[C@H]2OCc2cc(N)c(F)c(C3C[C@@H](C)O[C@@H](C)C3)c2)c(OC)c1. The Balaban J connectivity index is 1.12. The number of carbonyl (C=O) groups excluding carboxylic acids is 1. The highest BCUT2D eigenvalue weighted by Crippen LogP contribution is 2.37. The molecule has 1 saturated carbocycles. The van der Waals surface area contributed by atoms with Gasteiger partial charge in [0.25, 0.3) is 0 Å². The van der Waals surface area contributed by atoms with Crippen LogP contribution in [0.2, 0.25) is 5.15 Å². The normalized spacial score (nSPS) is 22.3. The number of pyridine rings is 1. The van der Waals surface area contributed by atoms with Crippen LogP contribution in [0.1, 0.15) is 62.1 Å². The van der Waals surface area contributed by atoms with Crippen LogP contribution in [-0.2, 0) is 22.6 Å². The molecular weight excluding hydrogens is 639 g/mol. The highest BCUT2D eigenvalue weighted by molar-refractivity contribution is 6.30. The van der Waals surface area contributed by atoms with Crippen LogP contribution in [0.5, 0.6) is 11.5 Å². The third-order valence-corrected chi connectivity index (χ3v) is 9.49. The number of benzene rings is 2. The maximum atomic E-state index is 15.1. The van der Waals surface area contributed by atoms with Gasteiger partial charge in [-0.1, -0.05) is 17.7 Å². The standard InChI is InChI=1S/C35H42ClFN6O5/c1-19-10-23(11-20(2)48-19)25-12-21(13-26(38)32(25)37)17-47-29-9-8-27(29)40-35(44)43-18-39-33-28(15-31(36)41-34(33)43)42(3)16-22-6-7-24(45-4)14-30(22)46-5/h6-7,12-15,18-20,23,27,29H,8-11,16-17,38H2,1-5H3,(H,40,44)/t19-,20+,23?,27-,29-/m1/s1. The summed E-state index contributed by atoms with van der Waals surface area (Å²) >= 11 is 6.45. The van der Waals surface area contributed by atoms with E-state index in [4.69, 9.17) is 36.3 Å².